The number of pyridine rings is 1. The average Bonchev–Trinajstić information content (AvgIpc) is 2.22. The second kappa shape index (κ2) is 6.18. The first-order valence-corrected chi connectivity index (χ1v) is 5.70. The Hall–Kier alpha value is -1.85. The van der Waals surface area contributed by atoms with Crippen molar-refractivity contribution < 1.29 is 13.9 Å². The number of rotatable bonds is 4. The summed E-state index contributed by atoms with van der Waals surface area (Å²) in [7, 11) is 0. The highest BCUT2D eigenvalue weighted by molar-refractivity contribution is 5.67. The van der Waals surface area contributed by atoms with Gasteiger partial charge in [0.25, 0.3) is 0 Å². The molecule has 0 atom stereocenters. The van der Waals surface area contributed by atoms with Gasteiger partial charge in [-0.2, -0.15) is 4.39 Å². The van der Waals surface area contributed by atoms with E-state index in [4.69, 9.17) is 4.74 Å². The molecule has 0 spiro atoms. The third-order valence-electron chi connectivity index (χ3n) is 1.81. The van der Waals surface area contributed by atoms with Crippen LogP contribution < -0.4 is 10.6 Å². The first-order valence-electron chi connectivity index (χ1n) is 5.70. The number of halogens is 1. The lowest BCUT2D eigenvalue weighted by atomic mass is 10.2. The third-order valence-corrected chi connectivity index (χ3v) is 1.81. The highest BCUT2D eigenvalue weighted by Gasteiger charge is 2.15. The van der Waals surface area contributed by atoms with E-state index in [1.54, 1.807) is 32.9 Å². The van der Waals surface area contributed by atoms with Gasteiger partial charge in [0.2, 0.25) is 5.95 Å². The van der Waals surface area contributed by atoms with Crippen LogP contribution in [0.5, 0.6) is 0 Å². The SMILES string of the molecule is CC(C)(C)OC(=O)NCCNc1cccc(F)n1. The number of aromatic nitrogens is 1. The number of anilines is 1. The Morgan fingerprint density at radius 3 is 2.72 bits per heavy atom. The molecule has 0 radical (unpaired) electrons. The van der Waals surface area contributed by atoms with Crippen molar-refractivity contribution in [3.05, 3.63) is 24.1 Å². The number of nitrogens with zero attached hydrogens (tertiary/aromatic N) is 1. The summed E-state index contributed by atoms with van der Waals surface area (Å²) < 4.78 is 17.8. The second-order valence-corrected chi connectivity index (χ2v) is 4.70. The van der Waals surface area contributed by atoms with Crippen LogP contribution in [0.2, 0.25) is 0 Å². The second-order valence-electron chi connectivity index (χ2n) is 4.70. The molecule has 1 aromatic rings. The molecular weight excluding hydrogens is 237 g/mol. The van der Waals surface area contributed by atoms with Crippen molar-refractivity contribution in [2.75, 3.05) is 18.4 Å². The van der Waals surface area contributed by atoms with E-state index in [1.807, 2.05) is 0 Å². The van der Waals surface area contributed by atoms with Gasteiger partial charge in [-0.1, -0.05) is 6.07 Å². The lowest BCUT2D eigenvalue weighted by Crippen LogP contribution is -2.35. The van der Waals surface area contributed by atoms with Crippen molar-refractivity contribution in [2.45, 2.75) is 26.4 Å². The van der Waals surface area contributed by atoms with E-state index in [0.717, 1.165) is 0 Å². The molecule has 0 bridgehead atoms. The van der Waals surface area contributed by atoms with Crippen molar-refractivity contribution in [2.24, 2.45) is 0 Å². The van der Waals surface area contributed by atoms with Gasteiger partial charge in [0.15, 0.2) is 0 Å². The molecule has 2 N–H and O–H groups in total. The van der Waals surface area contributed by atoms with Crippen molar-refractivity contribution in [3.8, 4) is 0 Å². The van der Waals surface area contributed by atoms with Gasteiger partial charge in [0.1, 0.15) is 11.4 Å². The number of amides is 1. The zero-order valence-corrected chi connectivity index (χ0v) is 10.8. The number of nitrogens with one attached hydrogen (secondary N) is 2. The minimum Gasteiger partial charge on any atom is -0.444 e. The Labute approximate surface area is 106 Å². The van der Waals surface area contributed by atoms with Crippen molar-refractivity contribution in [1.29, 1.82) is 0 Å². The average molecular weight is 255 g/mol. The fraction of sp³-hybridized carbons (Fsp3) is 0.500. The number of ether oxygens (including phenoxy) is 1. The van der Waals surface area contributed by atoms with Crippen LogP contribution in [0.4, 0.5) is 15.0 Å². The predicted octanol–water partition coefficient (Wildman–Crippen LogP) is 2.16. The number of alkyl carbamates (subject to hydrolysis) is 1. The van der Waals surface area contributed by atoms with Crippen LogP contribution in [0, 0.1) is 5.95 Å². The molecule has 1 rings (SSSR count). The zero-order chi connectivity index (χ0) is 13.6. The molecule has 0 aliphatic carbocycles. The Balaban J connectivity index is 2.21. The van der Waals surface area contributed by atoms with E-state index >= 15 is 0 Å². The standard InChI is InChI=1S/C12H18FN3O2/c1-12(2,3)18-11(17)15-8-7-14-10-6-4-5-9(13)16-10/h4-6H,7-8H2,1-3H3,(H,14,16)(H,15,17). The fourth-order valence-corrected chi connectivity index (χ4v) is 1.18. The molecule has 100 valence electrons. The van der Waals surface area contributed by atoms with Crippen LogP contribution in [0.3, 0.4) is 0 Å². The molecule has 0 aliphatic heterocycles. The molecule has 0 aliphatic rings. The van der Waals surface area contributed by atoms with Crippen LogP contribution in [0.15, 0.2) is 18.2 Å². The highest BCUT2D eigenvalue weighted by atomic mass is 19.1. The summed E-state index contributed by atoms with van der Waals surface area (Å²) in [5.74, 6) is -0.110. The monoisotopic (exact) mass is 255 g/mol. The molecule has 18 heavy (non-hydrogen) atoms. The van der Waals surface area contributed by atoms with Gasteiger partial charge in [0, 0.05) is 13.1 Å². The first-order chi connectivity index (χ1) is 8.37. The molecule has 0 saturated carbocycles. The van der Waals surface area contributed by atoms with Crippen molar-refractivity contribution >= 4 is 11.9 Å². The minimum atomic E-state index is -0.542. The van der Waals surface area contributed by atoms with Gasteiger partial charge in [-0.3, -0.25) is 0 Å². The van der Waals surface area contributed by atoms with E-state index in [2.05, 4.69) is 15.6 Å². The van der Waals surface area contributed by atoms with Gasteiger partial charge in [-0.25, -0.2) is 9.78 Å². The summed E-state index contributed by atoms with van der Waals surface area (Å²) in [4.78, 5) is 14.9. The first kappa shape index (κ1) is 14.2. The summed E-state index contributed by atoms with van der Waals surface area (Å²) in [6.07, 6.45) is -0.475. The van der Waals surface area contributed by atoms with Gasteiger partial charge < -0.3 is 15.4 Å². The minimum absolute atomic E-state index is 0.368. The zero-order valence-electron chi connectivity index (χ0n) is 10.8. The van der Waals surface area contributed by atoms with Gasteiger partial charge in [0.05, 0.1) is 0 Å². The number of carbonyl (C=O) groups excluding carboxylic acids is 1. The van der Waals surface area contributed by atoms with Crippen LogP contribution in [-0.4, -0.2) is 29.8 Å². The molecule has 0 saturated heterocycles. The number of hydrogen-bond acceptors (Lipinski definition) is 4. The predicted molar refractivity (Wildman–Crippen MR) is 66.9 cm³/mol. The third kappa shape index (κ3) is 6.03. The fourth-order valence-electron chi connectivity index (χ4n) is 1.18. The molecular formula is C12H18FN3O2. The summed E-state index contributed by atoms with van der Waals surface area (Å²) in [5, 5.41) is 5.46. The van der Waals surface area contributed by atoms with Crippen LogP contribution in [0.1, 0.15) is 20.8 Å². The molecule has 0 unspecified atom stereocenters. The van der Waals surface area contributed by atoms with Gasteiger partial charge in [-0.15, -0.1) is 0 Å². The van der Waals surface area contributed by atoms with Crippen molar-refractivity contribution in [3.63, 3.8) is 0 Å². The van der Waals surface area contributed by atoms with Crippen molar-refractivity contribution in [1.82, 2.24) is 10.3 Å². The topological polar surface area (TPSA) is 63.2 Å². The van der Waals surface area contributed by atoms with Gasteiger partial charge >= 0.3 is 6.09 Å². The van der Waals surface area contributed by atoms with Crippen LogP contribution in [0.25, 0.3) is 0 Å². The Kier molecular flexibility index (Phi) is 4.88. The lowest BCUT2D eigenvalue weighted by molar-refractivity contribution is 0.0530. The molecule has 0 fully saturated rings. The normalized spacial score (nSPS) is 10.9. The molecule has 1 amide bonds. The van der Waals surface area contributed by atoms with Crippen LogP contribution in [-0.2, 0) is 4.74 Å². The summed E-state index contributed by atoms with van der Waals surface area (Å²) >= 11 is 0. The van der Waals surface area contributed by atoms with Crippen LogP contribution >= 0.6 is 0 Å². The maximum atomic E-state index is 12.7. The molecule has 1 aromatic heterocycles. The van der Waals surface area contributed by atoms with E-state index in [0.29, 0.717) is 18.9 Å². The summed E-state index contributed by atoms with van der Waals surface area (Å²) in [6.45, 7) is 6.19. The Bertz CT molecular complexity index is 405. The maximum Gasteiger partial charge on any atom is 0.407 e. The molecule has 5 nitrogen and oxygen atoms in total. The number of carbonyl (C=O) groups is 1. The van der Waals surface area contributed by atoms with E-state index in [9.17, 15) is 9.18 Å². The quantitative estimate of drug-likeness (QED) is 0.639. The van der Waals surface area contributed by atoms with E-state index < -0.39 is 17.6 Å². The summed E-state index contributed by atoms with van der Waals surface area (Å²) in [5.41, 5.74) is -0.512. The highest BCUT2D eigenvalue weighted by Crippen LogP contribution is 2.06. The summed E-state index contributed by atoms with van der Waals surface area (Å²) in [6, 6.07) is 4.48. The molecule has 0 aromatic carbocycles. The Morgan fingerprint density at radius 1 is 1.39 bits per heavy atom. The molecule has 6 heteroatoms. The van der Waals surface area contributed by atoms with Gasteiger partial charge in [-0.05, 0) is 32.9 Å². The number of hydrogen-bond donors (Lipinski definition) is 2. The smallest absolute Gasteiger partial charge is 0.407 e. The van der Waals surface area contributed by atoms with E-state index in [-0.39, 0.29) is 0 Å². The lowest BCUT2D eigenvalue weighted by Gasteiger charge is -2.19. The maximum absolute atomic E-state index is 12.7. The largest absolute Gasteiger partial charge is 0.444 e. The Morgan fingerprint density at radius 2 is 2.11 bits per heavy atom. The molecule has 1 heterocycles. The van der Waals surface area contributed by atoms with E-state index in [1.165, 1.54) is 6.07 Å².